The Morgan fingerprint density at radius 1 is 0.818 bits per heavy atom. The lowest BCUT2D eigenvalue weighted by Gasteiger charge is -2.20. The maximum atomic E-state index is 12.4. The van der Waals surface area contributed by atoms with Crippen molar-refractivity contribution in [1.29, 1.82) is 0 Å². The smallest absolute Gasteiger partial charge is 0.329 e. The summed E-state index contributed by atoms with van der Waals surface area (Å²) in [4.78, 5) is 49.0. The van der Waals surface area contributed by atoms with E-state index in [1.54, 1.807) is 50.2 Å². The molecule has 0 unspecified atom stereocenters. The van der Waals surface area contributed by atoms with Crippen LogP contribution in [0.4, 0.5) is 0 Å². The summed E-state index contributed by atoms with van der Waals surface area (Å²) in [5.74, 6) is -2.04. The average molecular weight is 457 g/mol. The first kappa shape index (κ1) is 25.2. The number of nitrogens with one attached hydrogen (secondary N) is 3. The van der Waals surface area contributed by atoms with Gasteiger partial charge in [0.05, 0.1) is 14.2 Å². The second kappa shape index (κ2) is 12.1. The number of ether oxygens (including phenoxy) is 3. The van der Waals surface area contributed by atoms with Gasteiger partial charge in [-0.2, -0.15) is 0 Å². The van der Waals surface area contributed by atoms with Crippen LogP contribution in [-0.4, -0.2) is 50.6 Å². The molecule has 0 radical (unpaired) electrons. The molecule has 0 aliphatic carbocycles. The Bertz CT molecular complexity index is 993. The lowest BCUT2D eigenvalue weighted by Crippen LogP contribution is -2.47. The van der Waals surface area contributed by atoms with Crippen molar-refractivity contribution in [3.63, 3.8) is 0 Å². The number of carbonyl (C=O) groups excluding carboxylic acids is 4. The zero-order valence-electron chi connectivity index (χ0n) is 18.8. The molecule has 0 saturated carbocycles. The maximum Gasteiger partial charge on any atom is 0.329 e. The highest BCUT2D eigenvalue weighted by Gasteiger charge is 2.26. The monoisotopic (exact) mass is 457 g/mol. The summed E-state index contributed by atoms with van der Waals surface area (Å²) in [6.45, 7) is 2.83. The molecule has 176 valence electrons. The Labute approximate surface area is 191 Å². The number of methoxy groups -OCH3 is 2. The normalized spacial score (nSPS) is 11.2. The molecule has 0 fully saturated rings. The van der Waals surface area contributed by atoms with Gasteiger partial charge in [0.15, 0.2) is 18.1 Å². The fraction of sp³-hybridized carbons (Fsp3) is 0.304. The molecule has 10 nitrogen and oxygen atoms in total. The van der Waals surface area contributed by atoms with Crippen LogP contribution in [0.5, 0.6) is 11.5 Å². The standard InChI is InChI=1S/C23H27N3O7/c1-14(2)20(24-21(28)15-8-6-5-7-9-15)23(30)33-13-19(27)25-26-22(29)16-10-11-17(31-3)18(12-16)32-4/h5-12,14,20H,13H2,1-4H3,(H,24,28)(H,25,27)(H,26,29)/t20-/m0/s1. The Morgan fingerprint density at radius 2 is 1.48 bits per heavy atom. The Hall–Kier alpha value is -4.08. The van der Waals surface area contributed by atoms with Crippen LogP contribution in [-0.2, 0) is 14.3 Å². The average Bonchev–Trinajstić information content (AvgIpc) is 2.83. The van der Waals surface area contributed by atoms with E-state index in [9.17, 15) is 19.2 Å². The molecule has 33 heavy (non-hydrogen) atoms. The van der Waals surface area contributed by atoms with Crippen LogP contribution in [0.2, 0.25) is 0 Å². The lowest BCUT2D eigenvalue weighted by atomic mass is 10.0. The SMILES string of the molecule is COc1ccc(C(=O)NNC(=O)COC(=O)[C@@H](NC(=O)c2ccccc2)C(C)C)cc1OC. The highest BCUT2D eigenvalue weighted by Crippen LogP contribution is 2.27. The molecule has 3 amide bonds. The first-order valence-corrected chi connectivity index (χ1v) is 10.1. The third-order valence-corrected chi connectivity index (χ3v) is 4.55. The van der Waals surface area contributed by atoms with E-state index in [2.05, 4.69) is 16.2 Å². The molecule has 10 heteroatoms. The van der Waals surface area contributed by atoms with Crippen molar-refractivity contribution in [3.8, 4) is 11.5 Å². The van der Waals surface area contributed by atoms with Gasteiger partial charge in [-0.15, -0.1) is 0 Å². The van der Waals surface area contributed by atoms with Gasteiger partial charge < -0.3 is 19.5 Å². The third kappa shape index (κ3) is 7.23. The first-order chi connectivity index (χ1) is 15.8. The van der Waals surface area contributed by atoms with Gasteiger partial charge >= 0.3 is 5.97 Å². The summed E-state index contributed by atoms with van der Waals surface area (Å²) in [7, 11) is 2.90. The lowest BCUT2D eigenvalue weighted by molar-refractivity contribution is -0.151. The largest absolute Gasteiger partial charge is 0.493 e. The summed E-state index contributed by atoms with van der Waals surface area (Å²) < 4.78 is 15.3. The molecule has 0 heterocycles. The number of amides is 3. The molecule has 0 bridgehead atoms. The molecular formula is C23H27N3O7. The van der Waals surface area contributed by atoms with Crippen molar-refractivity contribution in [1.82, 2.24) is 16.2 Å². The van der Waals surface area contributed by atoms with Crippen molar-refractivity contribution in [3.05, 3.63) is 59.7 Å². The van der Waals surface area contributed by atoms with Gasteiger partial charge in [-0.25, -0.2) is 4.79 Å². The number of hydrazine groups is 1. The number of hydrogen-bond acceptors (Lipinski definition) is 7. The predicted molar refractivity (Wildman–Crippen MR) is 119 cm³/mol. The van der Waals surface area contributed by atoms with Gasteiger partial charge in [-0.3, -0.25) is 25.2 Å². The minimum absolute atomic E-state index is 0.216. The summed E-state index contributed by atoms with van der Waals surface area (Å²) >= 11 is 0. The van der Waals surface area contributed by atoms with Gasteiger partial charge in [-0.1, -0.05) is 32.0 Å². The molecule has 2 aromatic rings. The highest BCUT2D eigenvalue weighted by molar-refractivity contribution is 5.97. The molecular weight excluding hydrogens is 430 g/mol. The summed E-state index contributed by atoms with van der Waals surface area (Å²) in [6.07, 6.45) is 0. The van der Waals surface area contributed by atoms with Crippen LogP contribution in [0.1, 0.15) is 34.6 Å². The summed E-state index contributed by atoms with van der Waals surface area (Å²) in [6, 6.07) is 12.0. The van der Waals surface area contributed by atoms with Gasteiger partial charge in [0, 0.05) is 11.1 Å². The number of hydrogen-bond donors (Lipinski definition) is 3. The van der Waals surface area contributed by atoms with Crippen molar-refractivity contribution >= 4 is 23.7 Å². The summed E-state index contributed by atoms with van der Waals surface area (Å²) in [5, 5.41) is 2.61. The number of carbonyl (C=O) groups is 4. The van der Waals surface area contributed by atoms with Crippen molar-refractivity contribution < 1.29 is 33.4 Å². The zero-order chi connectivity index (χ0) is 24.4. The van der Waals surface area contributed by atoms with Crippen molar-refractivity contribution in [2.75, 3.05) is 20.8 Å². The highest BCUT2D eigenvalue weighted by atomic mass is 16.5. The first-order valence-electron chi connectivity index (χ1n) is 10.1. The second-order valence-corrected chi connectivity index (χ2v) is 7.24. The van der Waals surface area contributed by atoms with E-state index in [1.165, 1.54) is 26.4 Å². The van der Waals surface area contributed by atoms with E-state index in [0.29, 0.717) is 17.1 Å². The quantitative estimate of drug-likeness (QED) is 0.384. The molecule has 0 aliphatic heterocycles. The topological polar surface area (TPSA) is 132 Å². The Kier molecular flexibility index (Phi) is 9.22. The van der Waals surface area contributed by atoms with E-state index in [1.807, 2.05) is 0 Å². The van der Waals surface area contributed by atoms with Crippen LogP contribution >= 0.6 is 0 Å². The minimum atomic E-state index is -0.952. The van der Waals surface area contributed by atoms with Gasteiger partial charge in [0.1, 0.15) is 6.04 Å². The molecule has 0 spiro atoms. The zero-order valence-corrected chi connectivity index (χ0v) is 18.8. The van der Waals surface area contributed by atoms with Crippen LogP contribution in [0, 0.1) is 5.92 Å². The fourth-order valence-electron chi connectivity index (χ4n) is 2.75. The Morgan fingerprint density at radius 3 is 2.09 bits per heavy atom. The van der Waals surface area contributed by atoms with E-state index in [0.717, 1.165) is 0 Å². The number of benzene rings is 2. The second-order valence-electron chi connectivity index (χ2n) is 7.24. The van der Waals surface area contributed by atoms with Crippen LogP contribution in [0.25, 0.3) is 0 Å². The summed E-state index contributed by atoms with van der Waals surface area (Å²) in [5.41, 5.74) is 4.99. The number of esters is 1. The van der Waals surface area contributed by atoms with E-state index >= 15 is 0 Å². The van der Waals surface area contributed by atoms with Gasteiger partial charge in [0.2, 0.25) is 0 Å². The maximum absolute atomic E-state index is 12.4. The van der Waals surface area contributed by atoms with E-state index < -0.39 is 36.3 Å². The van der Waals surface area contributed by atoms with Gasteiger partial charge in [-0.05, 0) is 36.2 Å². The molecule has 3 N–H and O–H groups in total. The number of rotatable bonds is 9. The van der Waals surface area contributed by atoms with Gasteiger partial charge in [0.25, 0.3) is 17.7 Å². The molecule has 0 aliphatic rings. The van der Waals surface area contributed by atoms with Crippen molar-refractivity contribution in [2.45, 2.75) is 19.9 Å². The minimum Gasteiger partial charge on any atom is -0.493 e. The van der Waals surface area contributed by atoms with E-state index in [-0.39, 0.29) is 11.5 Å². The van der Waals surface area contributed by atoms with E-state index in [4.69, 9.17) is 14.2 Å². The third-order valence-electron chi connectivity index (χ3n) is 4.55. The van der Waals surface area contributed by atoms with Crippen molar-refractivity contribution in [2.24, 2.45) is 5.92 Å². The fourth-order valence-corrected chi connectivity index (χ4v) is 2.75. The van der Waals surface area contributed by atoms with Crippen LogP contribution in [0.3, 0.4) is 0 Å². The molecule has 2 rings (SSSR count). The van der Waals surface area contributed by atoms with Crippen LogP contribution in [0.15, 0.2) is 48.5 Å². The molecule has 1 atom stereocenters. The molecule has 0 aromatic heterocycles. The van der Waals surface area contributed by atoms with Crippen LogP contribution < -0.4 is 25.6 Å². The molecule has 2 aromatic carbocycles. The predicted octanol–water partition coefficient (Wildman–Crippen LogP) is 1.46. The molecule has 0 saturated heterocycles. The Balaban J connectivity index is 1.86.